The number of hydrogen-bond acceptors (Lipinski definition) is 7. The monoisotopic (exact) mass is 277 g/mol. The van der Waals surface area contributed by atoms with Crippen molar-refractivity contribution < 1.29 is 0 Å². The van der Waals surface area contributed by atoms with E-state index in [0.29, 0.717) is 18.3 Å². The summed E-state index contributed by atoms with van der Waals surface area (Å²) in [6.07, 6.45) is 0. The van der Waals surface area contributed by atoms with E-state index in [0.717, 1.165) is 6.54 Å². The number of nitrogen functional groups attached to an aromatic ring is 1. The van der Waals surface area contributed by atoms with Crippen molar-refractivity contribution in [3.05, 3.63) is 5.82 Å². The standard InChI is InChI=1S/C13H23N7/c1-6-20(8-9(2)7-14)10(3)11-16-12(15)18-13(17-11)19(4)5/h9-10H,6,8H2,1-5H3,(H2,15,16,17,18)/t9-,10-/m1/s1. The maximum Gasteiger partial charge on any atom is 0.229 e. The molecule has 0 amide bonds. The Morgan fingerprint density at radius 2 is 1.90 bits per heavy atom. The summed E-state index contributed by atoms with van der Waals surface area (Å²) in [5.41, 5.74) is 5.74. The van der Waals surface area contributed by atoms with E-state index in [1.165, 1.54) is 0 Å². The minimum absolute atomic E-state index is 0.0141. The van der Waals surface area contributed by atoms with Crippen LogP contribution in [0.4, 0.5) is 11.9 Å². The highest BCUT2D eigenvalue weighted by atomic mass is 15.3. The quantitative estimate of drug-likeness (QED) is 0.830. The van der Waals surface area contributed by atoms with Crippen LogP contribution in [0.25, 0.3) is 0 Å². The minimum atomic E-state index is -0.0371. The average Bonchev–Trinajstić information content (AvgIpc) is 2.42. The predicted octanol–water partition coefficient (Wildman–Crippen LogP) is 1.06. The Balaban J connectivity index is 3.00. The van der Waals surface area contributed by atoms with Crippen LogP contribution < -0.4 is 10.6 Å². The Morgan fingerprint density at radius 3 is 2.40 bits per heavy atom. The van der Waals surface area contributed by atoms with Gasteiger partial charge in [0.1, 0.15) is 0 Å². The van der Waals surface area contributed by atoms with Crippen LogP contribution in [0.2, 0.25) is 0 Å². The van der Waals surface area contributed by atoms with Gasteiger partial charge in [0.05, 0.1) is 18.0 Å². The predicted molar refractivity (Wildman–Crippen MR) is 79.0 cm³/mol. The van der Waals surface area contributed by atoms with Gasteiger partial charge in [0.15, 0.2) is 5.82 Å². The summed E-state index contributed by atoms with van der Waals surface area (Å²) >= 11 is 0. The highest BCUT2D eigenvalue weighted by molar-refractivity contribution is 5.33. The van der Waals surface area contributed by atoms with Gasteiger partial charge in [0, 0.05) is 20.6 Å². The van der Waals surface area contributed by atoms with Crippen LogP contribution >= 0.6 is 0 Å². The van der Waals surface area contributed by atoms with E-state index in [9.17, 15) is 0 Å². The lowest BCUT2D eigenvalue weighted by molar-refractivity contribution is 0.199. The Hall–Kier alpha value is -1.94. The Morgan fingerprint density at radius 1 is 1.25 bits per heavy atom. The van der Waals surface area contributed by atoms with Gasteiger partial charge in [-0.1, -0.05) is 6.92 Å². The number of anilines is 2. The third-order valence-corrected chi connectivity index (χ3v) is 3.11. The highest BCUT2D eigenvalue weighted by Crippen LogP contribution is 2.19. The fourth-order valence-corrected chi connectivity index (χ4v) is 1.90. The zero-order valence-corrected chi connectivity index (χ0v) is 12.8. The van der Waals surface area contributed by atoms with Crippen LogP contribution in [0, 0.1) is 17.2 Å². The molecule has 1 heterocycles. The zero-order chi connectivity index (χ0) is 15.3. The van der Waals surface area contributed by atoms with Gasteiger partial charge in [-0.05, 0) is 20.4 Å². The fraction of sp³-hybridized carbons (Fsp3) is 0.692. The molecule has 0 aliphatic carbocycles. The van der Waals surface area contributed by atoms with E-state index < -0.39 is 0 Å². The van der Waals surface area contributed by atoms with Crippen molar-refractivity contribution >= 4 is 11.9 Å². The molecular weight excluding hydrogens is 254 g/mol. The number of nitrogens with zero attached hydrogens (tertiary/aromatic N) is 6. The molecule has 7 heteroatoms. The van der Waals surface area contributed by atoms with Crippen molar-refractivity contribution in [3.8, 4) is 6.07 Å². The average molecular weight is 277 g/mol. The Kier molecular flexibility index (Phi) is 5.65. The third-order valence-electron chi connectivity index (χ3n) is 3.11. The number of rotatable bonds is 6. The fourth-order valence-electron chi connectivity index (χ4n) is 1.90. The van der Waals surface area contributed by atoms with Gasteiger partial charge < -0.3 is 10.6 Å². The van der Waals surface area contributed by atoms with Crippen molar-refractivity contribution in [2.75, 3.05) is 37.8 Å². The van der Waals surface area contributed by atoms with E-state index in [1.54, 1.807) is 4.90 Å². The summed E-state index contributed by atoms with van der Waals surface area (Å²) in [5, 5.41) is 8.95. The molecule has 0 aliphatic rings. The first-order valence-corrected chi connectivity index (χ1v) is 6.71. The van der Waals surface area contributed by atoms with Gasteiger partial charge in [0.2, 0.25) is 11.9 Å². The molecule has 110 valence electrons. The largest absolute Gasteiger partial charge is 0.368 e. The highest BCUT2D eigenvalue weighted by Gasteiger charge is 2.20. The van der Waals surface area contributed by atoms with E-state index in [1.807, 2.05) is 27.9 Å². The lowest BCUT2D eigenvalue weighted by Gasteiger charge is -2.28. The Labute approximate surface area is 120 Å². The van der Waals surface area contributed by atoms with Crippen molar-refractivity contribution in [3.63, 3.8) is 0 Å². The molecule has 0 saturated carbocycles. The summed E-state index contributed by atoms with van der Waals surface area (Å²) in [7, 11) is 3.72. The molecule has 2 atom stereocenters. The Bertz CT molecular complexity index is 480. The molecule has 0 spiro atoms. The van der Waals surface area contributed by atoms with Crippen LogP contribution in [0.15, 0.2) is 0 Å². The maximum absolute atomic E-state index is 8.95. The molecule has 0 aromatic carbocycles. The summed E-state index contributed by atoms with van der Waals surface area (Å²) in [4.78, 5) is 16.7. The zero-order valence-electron chi connectivity index (χ0n) is 12.8. The molecule has 0 unspecified atom stereocenters. The first kappa shape index (κ1) is 16.1. The summed E-state index contributed by atoms with van der Waals surface area (Å²) < 4.78 is 0. The molecule has 0 saturated heterocycles. The van der Waals surface area contributed by atoms with E-state index in [-0.39, 0.29) is 17.9 Å². The molecule has 20 heavy (non-hydrogen) atoms. The van der Waals surface area contributed by atoms with Gasteiger partial charge in [-0.15, -0.1) is 0 Å². The smallest absolute Gasteiger partial charge is 0.229 e. The molecule has 0 bridgehead atoms. The minimum Gasteiger partial charge on any atom is -0.368 e. The molecular formula is C13H23N7. The van der Waals surface area contributed by atoms with E-state index in [4.69, 9.17) is 11.0 Å². The van der Waals surface area contributed by atoms with Crippen molar-refractivity contribution in [2.24, 2.45) is 5.92 Å². The number of nitrogens with two attached hydrogens (primary N) is 1. The SMILES string of the molecule is CCN(C[C@H](C)C#N)[C@H](C)c1nc(N)nc(N(C)C)n1. The first-order chi connectivity index (χ1) is 9.38. The van der Waals surface area contributed by atoms with E-state index in [2.05, 4.69) is 32.8 Å². The lowest BCUT2D eigenvalue weighted by Crippen LogP contribution is -2.32. The number of hydrogen-bond donors (Lipinski definition) is 1. The van der Waals surface area contributed by atoms with Crippen molar-refractivity contribution in [1.82, 2.24) is 19.9 Å². The van der Waals surface area contributed by atoms with Crippen molar-refractivity contribution in [2.45, 2.75) is 26.8 Å². The normalized spacial score (nSPS) is 13.8. The molecule has 1 rings (SSSR count). The van der Waals surface area contributed by atoms with Gasteiger partial charge in [-0.25, -0.2) is 0 Å². The number of aromatic nitrogens is 3. The van der Waals surface area contributed by atoms with Gasteiger partial charge >= 0.3 is 0 Å². The van der Waals surface area contributed by atoms with Crippen LogP contribution in [-0.4, -0.2) is 47.0 Å². The number of nitriles is 1. The molecule has 0 aliphatic heterocycles. The van der Waals surface area contributed by atoms with Crippen LogP contribution in [0.1, 0.15) is 32.6 Å². The van der Waals surface area contributed by atoms with Crippen LogP contribution in [0.3, 0.4) is 0 Å². The van der Waals surface area contributed by atoms with E-state index >= 15 is 0 Å². The third kappa shape index (κ3) is 4.03. The van der Waals surface area contributed by atoms with Crippen LogP contribution in [0.5, 0.6) is 0 Å². The molecule has 1 aromatic rings. The molecule has 2 N–H and O–H groups in total. The molecule has 0 fully saturated rings. The van der Waals surface area contributed by atoms with Crippen molar-refractivity contribution in [1.29, 1.82) is 5.26 Å². The second-order valence-corrected chi connectivity index (χ2v) is 5.04. The summed E-state index contributed by atoms with van der Waals surface area (Å²) in [5.74, 6) is 1.36. The lowest BCUT2D eigenvalue weighted by atomic mass is 10.1. The second-order valence-electron chi connectivity index (χ2n) is 5.04. The topological polar surface area (TPSA) is 95.0 Å². The summed E-state index contributed by atoms with van der Waals surface area (Å²) in [6, 6.07) is 2.24. The van der Waals surface area contributed by atoms with Gasteiger partial charge in [0.25, 0.3) is 0 Å². The first-order valence-electron chi connectivity index (χ1n) is 6.71. The molecule has 1 aromatic heterocycles. The maximum atomic E-state index is 8.95. The molecule has 7 nitrogen and oxygen atoms in total. The van der Waals surface area contributed by atoms with Gasteiger partial charge in [-0.2, -0.15) is 20.2 Å². The van der Waals surface area contributed by atoms with Crippen LogP contribution in [-0.2, 0) is 0 Å². The van der Waals surface area contributed by atoms with Gasteiger partial charge in [-0.3, -0.25) is 4.90 Å². The summed E-state index contributed by atoms with van der Waals surface area (Å²) in [6.45, 7) is 7.47. The second kappa shape index (κ2) is 7.01. The molecule has 0 radical (unpaired) electrons.